The molecule has 1 heterocycles. The van der Waals surface area contributed by atoms with Crippen LogP contribution in [0.15, 0.2) is 54.6 Å². The SMILES string of the molecule is CCOCCOC(=O)c1nc2ccccc2nc1N[C@H](C)c1ccccc1. The van der Waals surface area contributed by atoms with Crippen molar-refractivity contribution in [1.82, 2.24) is 9.97 Å². The Labute approximate surface area is 158 Å². The lowest BCUT2D eigenvalue weighted by Crippen LogP contribution is -2.17. The summed E-state index contributed by atoms with van der Waals surface area (Å²) >= 11 is 0. The number of nitrogens with one attached hydrogen (secondary N) is 1. The van der Waals surface area contributed by atoms with Crippen molar-refractivity contribution in [3.63, 3.8) is 0 Å². The number of carbonyl (C=O) groups excluding carboxylic acids is 1. The maximum atomic E-state index is 12.6. The molecule has 0 bridgehead atoms. The molecule has 0 unspecified atom stereocenters. The van der Waals surface area contributed by atoms with E-state index in [0.29, 0.717) is 30.1 Å². The molecular weight excluding hydrogens is 342 g/mol. The van der Waals surface area contributed by atoms with Gasteiger partial charge in [0, 0.05) is 6.61 Å². The van der Waals surface area contributed by atoms with E-state index in [1.807, 2.05) is 68.4 Å². The van der Waals surface area contributed by atoms with Crippen LogP contribution in [0.1, 0.15) is 35.9 Å². The van der Waals surface area contributed by atoms with Gasteiger partial charge < -0.3 is 14.8 Å². The Balaban J connectivity index is 1.88. The van der Waals surface area contributed by atoms with E-state index in [9.17, 15) is 4.79 Å². The Morgan fingerprint density at radius 3 is 2.37 bits per heavy atom. The van der Waals surface area contributed by atoms with Crippen molar-refractivity contribution in [2.75, 3.05) is 25.1 Å². The van der Waals surface area contributed by atoms with Crippen LogP contribution >= 0.6 is 0 Å². The Hall–Kier alpha value is -2.99. The van der Waals surface area contributed by atoms with Crippen LogP contribution in [0, 0.1) is 0 Å². The van der Waals surface area contributed by atoms with E-state index in [1.165, 1.54) is 0 Å². The lowest BCUT2D eigenvalue weighted by atomic mass is 10.1. The van der Waals surface area contributed by atoms with Gasteiger partial charge in [0.05, 0.1) is 23.7 Å². The van der Waals surface area contributed by atoms with Gasteiger partial charge in [-0.3, -0.25) is 0 Å². The average molecular weight is 365 g/mol. The lowest BCUT2D eigenvalue weighted by molar-refractivity contribution is 0.0330. The van der Waals surface area contributed by atoms with Gasteiger partial charge in [0.2, 0.25) is 0 Å². The van der Waals surface area contributed by atoms with Crippen LogP contribution in [-0.4, -0.2) is 35.8 Å². The molecule has 6 heteroatoms. The van der Waals surface area contributed by atoms with Crippen molar-refractivity contribution in [1.29, 1.82) is 0 Å². The maximum Gasteiger partial charge on any atom is 0.360 e. The minimum absolute atomic E-state index is 0.0448. The average Bonchev–Trinajstić information content (AvgIpc) is 2.71. The first-order valence-corrected chi connectivity index (χ1v) is 9.02. The number of benzene rings is 2. The molecule has 1 atom stereocenters. The molecule has 3 aromatic rings. The molecule has 0 amide bonds. The highest BCUT2D eigenvalue weighted by Gasteiger charge is 2.19. The van der Waals surface area contributed by atoms with Crippen LogP contribution in [0.25, 0.3) is 11.0 Å². The summed E-state index contributed by atoms with van der Waals surface area (Å²) < 4.78 is 10.5. The van der Waals surface area contributed by atoms with Gasteiger partial charge in [-0.1, -0.05) is 42.5 Å². The number of para-hydroxylation sites is 2. The predicted molar refractivity (Wildman–Crippen MR) is 105 cm³/mol. The molecule has 140 valence electrons. The van der Waals surface area contributed by atoms with Crippen molar-refractivity contribution in [3.05, 3.63) is 65.9 Å². The van der Waals surface area contributed by atoms with E-state index in [1.54, 1.807) is 0 Å². The highest BCUT2D eigenvalue weighted by atomic mass is 16.6. The number of rotatable bonds is 8. The van der Waals surface area contributed by atoms with Crippen molar-refractivity contribution < 1.29 is 14.3 Å². The number of nitrogens with zero attached hydrogens (tertiary/aromatic N) is 2. The molecule has 1 aromatic heterocycles. The third-order valence-corrected chi connectivity index (χ3v) is 4.08. The summed E-state index contributed by atoms with van der Waals surface area (Å²) in [4.78, 5) is 21.7. The zero-order chi connectivity index (χ0) is 19.1. The van der Waals surface area contributed by atoms with Gasteiger partial charge >= 0.3 is 5.97 Å². The first-order chi connectivity index (χ1) is 13.2. The molecule has 0 saturated heterocycles. The predicted octanol–water partition coefficient (Wildman–Crippen LogP) is 4.00. The van der Waals surface area contributed by atoms with Crippen LogP contribution in [0.2, 0.25) is 0 Å². The Kier molecular flexibility index (Phi) is 6.33. The summed E-state index contributed by atoms with van der Waals surface area (Å²) in [7, 11) is 0. The van der Waals surface area contributed by atoms with Gasteiger partial charge in [0.25, 0.3) is 0 Å². The Bertz CT molecular complexity index is 900. The molecule has 0 aliphatic rings. The van der Waals surface area contributed by atoms with E-state index in [-0.39, 0.29) is 18.3 Å². The number of hydrogen-bond acceptors (Lipinski definition) is 6. The quantitative estimate of drug-likeness (QED) is 0.480. The normalized spacial score (nSPS) is 11.9. The number of hydrogen-bond donors (Lipinski definition) is 1. The standard InChI is InChI=1S/C21H23N3O3/c1-3-26-13-14-27-21(25)19-20(22-15(2)16-9-5-4-6-10-16)24-18-12-8-7-11-17(18)23-19/h4-12,15H,3,13-14H2,1-2H3,(H,22,24)/t15-/m1/s1. The number of carbonyl (C=O) groups is 1. The Morgan fingerprint density at radius 1 is 1.00 bits per heavy atom. The molecule has 2 aromatic carbocycles. The van der Waals surface area contributed by atoms with E-state index in [2.05, 4.69) is 15.3 Å². The zero-order valence-corrected chi connectivity index (χ0v) is 15.5. The van der Waals surface area contributed by atoms with E-state index < -0.39 is 5.97 Å². The molecular formula is C21H23N3O3. The third kappa shape index (κ3) is 4.80. The summed E-state index contributed by atoms with van der Waals surface area (Å²) in [5.41, 5.74) is 2.62. The first-order valence-electron chi connectivity index (χ1n) is 9.02. The van der Waals surface area contributed by atoms with Gasteiger partial charge in [-0.15, -0.1) is 0 Å². The minimum atomic E-state index is -0.518. The molecule has 1 N–H and O–H groups in total. The van der Waals surface area contributed by atoms with Gasteiger partial charge in [-0.05, 0) is 31.5 Å². The van der Waals surface area contributed by atoms with Crippen molar-refractivity contribution in [3.8, 4) is 0 Å². The fourth-order valence-electron chi connectivity index (χ4n) is 2.68. The number of fused-ring (bicyclic) bond motifs is 1. The number of anilines is 1. The second kappa shape index (κ2) is 9.09. The van der Waals surface area contributed by atoms with Gasteiger partial charge in [-0.25, -0.2) is 14.8 Å². The molecule has 0 radical (unpaired) electrons. The molecule has 0 aliphatic carbocycles. The van der Waals surface area contributed by atoms with Gasteiger partial charge in [0.15, 0.2) is 11.5 Å². The van der Waals surface area contributed by atoms with E-state index in [0.717, 1.165) is 5.56 Å². The molecule has 0 fully saturated rings. The highest BCUT2D eigenvalue weighted by molar-refractivity contribution is 5.95. The van der Waals surface area contributed by atoms with E-state index in [4.69, 9.17) is 9.47 Å². The second-order valence-corrected chi connectivity index (χ2v) is 6.02. The van der Waals surface area contributed by atoms with Gasteiger partial charge in [0.1, 0.15) is 6.61 Å². The fraction of sp³-hybridized carbons (Fsp3) is 0.286. The van der Waals surface area contributed by atoms with Crippen LogP contribution < -0.4 is 5.32 Å². The number of ether oxygens (including phenoxy) is 2. The molecule has 3 rings (SSSR count). The van der Waals surface area contributed by atoms with Crippen LogP contribution in [0.5, 0.6) is 0 Å². The van der Waals surface area contributed by atoms with Crippen molar-refractivity contribution in [2.24, 2.45) is 0 Å². The highest BCUT2D eigenvalue weighted by Crippen LogP contribution is 2.23. The first kappa shape index (κ1) is 18.8. The topological polar surface area (TPSA) is 73.3 Å². The minimum Gasteiger partial charge on any atom is -0.458 e. The molecule has 0 saturated carbocycles. The molecule has 0 spiro atoms. The molecule has 27 heavy (non-hydrogen) atoms. The summed E-state index contributed by atoms with van der Waals surface area (Å²) in [6.45, 7) is 5.01. The largest absolute Gasteiger partial charge is 0.458 e. The second-order valence-electron chi connectivity index (χ2n) is 6.02. The summed E-state index contributed by atoms with van der Waals surface area (Å²) in [6.07, 6.45) is 0. The molecule has 6 nitrogen and oxygen atoms in total. The lowest BCUT2D eigenvalue weighted by Gasteiger charge is -2.17. The monoisotopic (exact) mass is 365 g/mol. The van der Waals surface area contributed by atoms with Crippen LogP contribution in [0.4, 0.5) is 5.82 Å². The zero-order valence-electron chi connectivity index (χ0n) is 15.5. The number of aromatic nitrogens is 2. The van der Waals surface area contributed by atoms with E-state index >= 15 is 0 Å². The maximum absolute atomic E-state index is 12.6. The molecule has 0 aliphatic heterocycles. The van der Waals surface area contributed by atoms with Gasteiger partial charge in [-0.2, -0.15) is 0 Å². The summed E-state index contributed by atoms with van der Waals surface area (Å²) in [5.74, 6) is -0.109. The van der Waals surface area contributed by atoms with Crippen LogP contribution in [0.3, 0.4) is 0 Å². The smallest absolute Gasteiger partial charge is 0.360 e. The van der Waals surface area contributed by atoms with Crippen LogP contribution in [-0.2, 0) is 9.47 Å². The number of esters is 1. The van der Waals surface area contributed by atoms with Crippen molar-refractivity contribution in [2.45, 2.75) is 19.9 Å². The third-order valence-electron chi connectivity index (χ3n) is 4.08. The Morgan fingerprint density at radius 2 is 1.67 bits per heavy atom. The fourth-order valence-corrected chi connectivity index (χ4v) is 2.68. The van der Waals surface area contributed by atoms with Crippen molar-refractivity contribution >= 4 is 22.8 Å². The summed E-state index contributed by atoms with van der Waals surface area (Å²) in [6, 6.07) is 17.4. The summed E-state index contributed by atoms with van der Waals surface area (Å²) in [5, 5.41) is 3.30.